The Morgan fingerprint density at radius 2 is 2.00 bits per heavy atom. The van der Waals surface area contributed by atoms with Crippen molar-refractivity contribution in [3.63, 3.8) is 0 Å². The van der Waals surface area contributed by atoms with Crippen LogP contribution < -0.4 is 10.6 Å². The number of ether oxygens (including phenoxy) is 1. The summed E-state index contributed by atoms with van der Waals surface area (Å²) in [7, 11) is 0. The Bertz CT molecular complexity index is 783. The number of nitrogens with one attached hydrogen (secondary N) is 2. The van der Waals surface area contributed by atoms with Gasteiger partial charge < -0.3 is 15.4 Å². The zero-order chi connectivity index (χ0) is 16.2. The maximum absolute atomic E-state index is 12.7. The molecule has 2 aromatic rings. The van der Waals surface area contributed by atoms with Crippen molar-refractivity contribution in [3.8, 4) is 0 Å². The van der Waals surface area contributed by atoms with Crippen LogP contribution in [0.4, 0.5) is 5.00 Å². The average molecular weight is 393 g/mol. The average Bonchev–Trinajstić information content (AvgIpc) is 2.84. The first kappa shape index (κ1) is 15.2. The Kier molecular flexibility index (Phi) is 3.51. The van der Waals surface area contributed by atoms with Gasteiger partial charge in [-0.15, -0.1) is 11.3 Å². The fourth-order valence-corrected chi connectivity index (χ4v) is 4.51. The molecule has 2 aliphatic heterocycles. The Labute approximate surface area is 147 Å². The second kappa shape index (κ2) is 5.33. The van der Waals surface area contributed by atoms with Crippen LogP contribution in [0, 0.1) is 0 Å². The SMILES string of the molecule is CC1(C)Cc2c(sc3c2C(=O)N[C@@H](c2ccc(Br)cc2)N3)CO1. The lowest BCUT2D eigenvalue weighted by molar-refractivity contribution is -0.0383. The number of hydrogen-bond acceptors (Lipinski definition) is 4. The quantitative estimate of drug-likeness (QED) is 0.763. The number of benzene rings is 1. The van der Waals surface area contributed by atoms with Crippen molar-refractivity contribution in [2.24, 2.45) is 0 Å². The first-order valence-corrected chi connectivity index (χ1v) is 9.15. The number of fused-ring (bicyclic) bond motifs is 3. The minimum absolute atomic E-state index is 0.00173. The second-order valence-corrected chi connectivity index (χ2v) is 8.56. The predicted molar refractivity (Wildman–Crippen MR) is 94.9 cm³/mol. The molecule has 0 fully saturated rings. The molecule has 1 aromatic carbocycles. The van der Waals surface area contributed by atoms with Gasteiger partial charge in [0.25, 0.3) is 5.91 Å². The number of amides is 1. The fourth-order valence-electron chi connectivity index (χ4n) is 3.09. The minimum Gasteiger partial charge on any atom is -0.370 e. The Hall–Kier alpha value is -1.37. The zero-order valence-corrected chi connectivity index (χ0v) is 15.3. The van der Waals surface area contributed by atoms with Gasteiger partial charge in [-0.3, -0.25) is 4.79 Å². The molecular weight excluding hydrogens is 376 g/mol. The molecule has 4 nitrogen and oxygen atoms in total. The van der Waals surface area contributed by atoms with Gasteiger partial charge in [0.2, 0.25) is 0 Å². The summed E-state index contributed by atoms with van der Waals surface area (Å²) in [5.74, 6) is 0.00173. The van der Waals surface area contributed by atoms with E-state index < -0.39 is 0 Å². The van der Waals surface area contributed by atoms with E-state index in [1.807, 2.05) is 24.3 Å². The van der Waals surface area contributed by atoms with E-state index in [1.54, 1.807) is 11.3 Å². The third kappa shape index (κ3) is 2.69. The van der Waals surface area contributed by atoms with Gasteiger partial charge >= 0.3 is 0 Å². The van der Waals surface area contributed by atoms with Gasteiger partial charge in [0.15, 0.2) is 0 Å². The lowest BCUT2D eigenvalue weighted by Gasteiger charge is -2.31. The van der Waals surface area contributed by atoms with E-state index in [0.29, 0.717) is 6.61 Å². The summed E-state index contributed by atoms with van der Waals surface area (Å²) in [5, 5.41) is 7.49. The highest BCUT2D eigenvalue weighted by Gasteiger charge is 2.36. The third-order valence-corrected chi connectivity index (χ3v) is 5.93. The topological polar surface area (TPSA) is 50.4 Å². The summed E-state index contributed by atoms with van der Waals surface area (Å²) >= 11 is 5.07. The number of halogens is 1. The predicted octanol–water partition coefficient (Wildman–Crippen LogP) is 4.22. The van der Waals surface area contributed by atoms with E-state index in [1.165, 1.54) is 0 Å². The van der Waals surface area contributed by atoms with Crippen LogP contribution in [0.15, 0.2) is 28.7 Å². The molecule has 120 valence electrons. The van der Waals surface area contributed by atoms with Crippen molar-refractivity contribution in [1.82, 2.24) is 5.32 Å². The van der Waals surface area contributed by atoms with Crippen molar-refractivity contribution in [2.75, 3.05) is 5.32 Å². The van der Waals surface area contributed by atoms with E-state index in [2.05, 4.69) is 40.4 Å². The molecule has 1 amide bonds. The van der Waals surface area contributed by atoms with Crippen LogP contribution in [-0.2, 0) is 17.8 Å². The first-order valence-electron chi connectivity index (χ1n) is 7.54. The molecule has 2 aliphatic rings. The number of rotatable bonds is 1. The van der Waals surface area contributed by atoms with Crippen LogP contribution in [0.5, 0.6) is 0 Å². The van der Waals surface area contributed by atoms with Crippen LogP contribution in [0.1, 0.15) is 46.4 Å². The number of thiophene rings is 1. The third-order valence-electron chi connectivity index (χ3n) is 4.27. The number of carbonyl (C=O) groups excluding carboxylic acids is 1. The van der Waals surface area contributed by atoms with Crippen molar-refractivity contribution in [1.29, 1.82) is 0 Å². The van der Waals surface area contributed by atoms with Crippen LogP contribution in [0.25, 0.3) is 0 Å². The molecule has 6 heteroatoms. The van der Waals surface area contributed by atoms with Crippen LogP contribution in [0.3, 0.4) is 0 Å². The van der Waals surface area contributed by atoms with E-state index in [-0.39, 0.29) is 17.7 Å². The molecule has 0 aliphatic carbocycles. The smallest absolute Gasteiger partial charge is 0.256 e. The Morgan fingerprint density at radius 1 is 1.26 bits per heavy atom. The number of hydrogen-bond donors (Lipinski definition) is 2. The highest BCUT2D eigenvalue weighted by Crippen LogP contribution is 2.43. The van der Waals surface area contributed by atoms with E-state index in [9.17, 15) is 4.79 Å². The second-order valence-electron chi connectivity index (χ2n) is 6.54. The van der Waals surface area contributed by atoms with Gasteiger partial charge in [-0.1, -0.05) is 28.1 Å². The Morgan fingerprint density at radius 3 is 2.74 bits per heavy atom. The maximum atomic E-state index is 12.7. The van der Waals surface area contributed by atoms with Crippen molar-refractivity contribution >= 4 is 38.2 Å². The summed E-state index contributed by atoms with van der Waals surface area (Å²) in [5.41, 5.74) is 2.76. The van der Waals surface area contributed by atoms with Gasteiger partial charge in [-0.05, 0) is 37.1 Å². The standard InChI is InChI=1S/C17H17BrN2O2S/c1-17(2)7-11-12(8-22-17)23-16-13(11)15(21)19-14(20-16)9-3-5-10(18)6-4-9/h3-6,14,20H,7-8H2,1-2H3,(H,19,21)/t14-/m1/s1. The zero-order valence-electron chi connectivity index (χ0n) is 12.9. The molecular formula is C17H17BrN2O2S. The number of carbonyl (C=O) groups is 1. The van der Waals surface area contributed by atoms with Gasteiger partial charge in [0.05, 0.1) is 17.8 Å². The molecule has 1 aromatic heterocycles. The molecule has 2 N–H and O–H groups in total. The molecule has 3 heterocycles. The maximum Gasteiger partial charge on any atom is 0.256 e. The molecule has 4 rings (SSSR count). The van der Waals surface area contributed by atoms with E-state index in [4.69, 9.17) is 4.74 Å². The minimum atomic E-state index is -0.218. The molecule has 0 spiro atoms. The monoisotopic (exact) mass is 392 g/mol. The molecule has 0 unspecified atom stereocenters. The van der Waals surface area contributed by atoms with Crippen molar-refractivity contribution in [2.45, 2.75) is 38.6 Å². The van der Waals surface area contributed by atoms with Crippen molar-refractivity contribution < 1.29 is 9.53 Å². The molecule has 0 saturated heterocycles. The fraction of sp³-hybridized carbons (Fsp3) is 0.353. The lowest BCUT2D eigenvalue weighted by Crippen LogP contribution is -2.39. The van der Waals surface area contributed by atoms with Gasteiger partial charge in [0, 0.05) is 15.8 Å². The van der Waals surface area contributed by atoms with E-state index >= 15 is 0 Å². The van der Waals surface area contributed by atoms with Gasteiger partial charge in [-0.2, -0.15) is 0 Å². The number of anilines is 1. The molecule has 0 saturated carbocycles. The van der Waals surface area contributed by atoms with Crippen LogP contribution in [0.2, 0.25) is 0 Å². The molecule has 23 heavy (non-hydrogen) atoms. The normalized spacial score (nSPS) is 21.9. The highest BCUT2D eigenvalue weighted by atomic mass is 79.9. The highest BCUT2D eigenvalue weighted by molar-refractivity contribution is 9.10. The molecule has 0 bridgehead atoms. The molecule has 0 radical (unpaired) electrons. The van der Waals surface area contributed by atoms with E-state index in [0.717, 1.165) is 37.5 Å². The summed E-state index contributed by atoms with van der Waals surface area (Å²) in [6.07, 6.45) is 0.573. The lowest BCUT2D eigenvalue weighted by atomic mass is 9.92. The van der Waals surface area contributed by atoms with Gasteiger partial charge in [-0.25, -0.2) is 0 Å². The summed E-state index contributed by atoms with van der Waals surface area (Å²) in [4.78, 5) is 13.8. The summed E-state index contributed by atoms with van der Waals surface area (Å²) in [6.45, 7) is 4.72. The van der Waals surface area contributed by atoms with Crippen LogP contribution >= 0.6 is 27.3 Å². The summed E-state index contributed by atoms with van der Waals surface area (Å²) < 4.78 is 6.90. The van der Waals surface area contributed by atoms with Gasteiger partial charge in [0.1, 0.15) is 11.2 Å². The first-order chi connectivity index (χ1) is 10.9. The largest absolute Gasteiger partial charge is 0.370 e. The van der Waals surface area contributed by atoms with Crippen LogP contribution in [-0.4, -0.2) is 11.5 Å². The van der Waals surface area contributed by atoms with Crippen molar-refractivity contribution in [3.05, 3.63) is 50.3 Å². The molecule has 1 atom stereocenters. The Balaban J connectivity index is 1.70. The summed E-state index contributed by atoms with van der Waals surface area (Å²) in [6, 6.07) is 7.97.